The minimum absolute atomic E-state index is 0.148. The molecule has 1 atom stereocenters. The van der Waals surface area contributed by atoms with Gasteiger partial charge in [-0.3, -0.25) is 9.69 Å². The normalized spacial score (nSPS) is 19.1. The van der Waals surface area contributed by atoms with Gasteiger partial charge < -0.3 is 10.6 Å². The summed E-state index contributed by atoms with van der Waals surface area (Å²) < 4.78 is 0. The lowest BCUT2D eigenvalue weighted by molar-refractivity contribution is -0.122. The third kappa shape index (κ3) is 4.94. The molecule has 20 heavy (non-hydrogen) atoms. The fourth-order valence-corrected chi connectivity index (χ4v) is 2.64. The van der Waals surface area contributed by atoms with Crippen LogP contribution in [0.5, 0.6) is 0 Å². The molecular formula is C16H25N3O. The maximum atomic E-state index is 11.8. The molecule has 0 saturated carbocycles. The third-order valence-corrected chi connectivity index (χ3v) is 3.86. The fourth-order valence-electron chi connectivity index (χ4n) is 2.64. The molecule has 1 aliphatic rings. The zero-order valence-electron chi connectivity index (χ0n) is 12.3. The number of aryl methyl sites for hydroxylation is 1. The van der Waals surface area contributed by atoms with Gasteiger partial charge in [-0.05, 0) is 31.9 Å². The minimum atomic E-state index is 0.148. The van der Waals surface area contributed by atoms with Crippen LogP contribution in [0.25, 0.3) is 0 Å². The molecule has 0 aromatic heterocycles. The first-order valence-electron chi connectivity index (χ1n) is 7.48. The van der Waals surface area contributed by atoms with Gasteiger partial charge in [0.15, 0.2) is 0 Å². The molecule has 1 unspecified atom stereocenters. The van der Waals surface area contributed by atoms with E-state index in [1.165, 1.54) is 5.56 Å². The van der Waals surface area contributed by atoms with E-state index in [4.69, 9.17) is 0 Å². The Bertz CT molecular complexity index is 407. The van der Waals surface area contributed by atoms with Gasteiger partial charge in [0.05, 0.1) is 6.54 Å². The number of rotatable bonds is 7. The molecule has 0 aliphatic carbocycles. The summed E-state index contributed by atoms with van der Waals surface area (Å²) >= 11 is 0. The molecule has 0 radical (unpaired) electrons. The predicted molar refractivity (Wildman–Crippen MR) is 81.7 cm³/mol. The Kier molecular flexibility index (Phi) is 6.02. The molecule has 1 saturated heterocycles. The van der Waals surface area contributed by atoms with Crippen LogP contribution < -0.4 is 10.6 Å². The van der Waals surface area contributed by atoms with Crippen molar-refractivity contribution in [1.82, 2.24) is 15.5 Å². The summed E-state index contributed by atoms with van der Waals surface area (Å²) in [7, 11) is 1.98. The standard InChI is InChI=1S/C16H25N3O/c1-17-15-9-11-19(12-15)13-16(20)18-10-5-8-14-6-3-2-4-7-14/h2-4,6-7,15,17H,5,8-13H2,1H3,(H,18,20). The second kappa shape index (κ2) is 8.02. The van der Waals surface area contributed by atoms with Gasteiger partial charge in [0, 0.05) is 25.7 Å². The van der Waals surface area contributed by atoms with Crippen molar-refractivity contribution < 1.29 is 4.79 Å². The minimum Gasteiger partial charge on any atom is -0.355 e. The van der Waals surface area contributed by atoms with E-state index in [2.05, 4.69) is 39.8 Å². The first-order valence-corrected chi connectivity index (χ1v) is 7.48. The molecule has 0 spiro atoms. The molecule has 2 N–H and O–H groups in total. The Morgan fingerprint density at radius 2 is 2.15 bits per heavy atom. The Morgan fingerprint density at radius 3 is 2.85 bits per heavy atom. The first-order chi connectivity index (χ1) is 9.78. The lowest BCUT2D eigenvalue weighted by Gasteiger charge is -2.15. The molecule has 1 amide bonds. The van der Waals surface area contributed by atoms with Crippen LogP contribution in [0.15, 0.2) is 30.3 Å². The molecule has 4 nitrogen and oxygen atoms in total. The van der Waals surface area contributed by atoms with E-state index in [-0.39, 0.29) is 5.91 Å². The Morgan fingerprint density at radius 1 is 1.35 bits per heavy atom. The van der Waals surface area contributed by atoms with E-state index in [1.54, 1.807) is 0 Å². The van der Waals surface area contributed by atoms with E-state index in [1.807, 2.05) is 13.1 Å². The predicted octanol–water partition coefficient (Wildman–Crippen LogP) is 1.03. The highest BCUT2D eigenvalue weighted by Gasteiger charge is 2.22. The SMILES string of the molecule is CNC1CCN(CC(=O)NCCCc2ccccc2)C1. The van der Waals surface area contributed by atoms with Crippen LogP contribution in [-0.4, -0.2) is 50.1 Å². The molecule has 4 heteroatoms. The van der Waals surface area contributed by atoms with Crippen molar-refractivity contribution >= 4 is 5.91 Å². The van der Waals surface area contributed by atoms with Gasteiger partial charge in [-0.2, -0.15) is 0 Å². The van der Waals surface area contributed by atoms with Crippen molar-refractivity contribution in [3.8, 4) is 0 Å². The fraction of sp³-hybridized carbons (Fsp3) is 0.562. The van der Waals surface area contributed by atoms with E-state index in [9.17, 15) is 4.79 Å². The summed E-state index contributed by atoms with van der Waals surface area (Å²) in [6, 6.07) is 10.9. The number of likely N-dealkylation sites (tertiary alicyclic amines) is 1. The summed E-state index contributed by atoms with van der Waals surface area (Å²) in [5.41, 5.74) is 1.33. The quantitative estimate of drug-likeness (QED) is 0.731. The zero-order chi connectivity index (χ0) is 14.2. The second-order valence-corrected chi connectivity index (χ2v) is 5.45. The van der Waals surface area contributed by atoms with Crippen LogP contribution >= 0.6 is 0 Å². The summed E-state index contributed by atoms with van der Waals surface area (Å²) in [6.07, 6.45) is 3.15. The van der Waals surface area contributed by atoms with Crippen LogP contribution in [0.1, 0.15) is 18.4 Å². The highest BCUT2D eigenvalue weighted by atomic mass is 16.2. The summed E-state index contributed by atoms with van der Waals surface area (Å²) in [6.45, 7) is 3.29. The van der Waals surface area contributed by atoms with Gasteiger partial charge in [0.25, 0.3) is 0 Å². The van der Waals surface area contributed by atoms with E-state index in [0.717, 1.165) is 38.9 Å². The summed E-state index contributed by atoms with van der Waals surface area (Å²) in [4.78, 5) is 14.0. The maximum absolute atomic E-state index is 11.8. The van der Waals surface area contributed by atoms with Gasteiger partial charge in [-0.25, -0.2) is 0 Å². The number of benzene rings is 1. The van der Waals surface area contributed by atoms with E-state index < -0.39 is 0 Å². The van der Waals surface area contributed by atoms with Gasteiger partial charge in [0.1, 0.15) is 0 Å². The Labute approximate surface area is 121 Å². The van der Waals surface area contributed by atoms with E-state index in [0.29, 0.717) is 12.6 Å². The van der Waals surface area contributed by atoms with Gasteiger partial charge in [0.2, 0.25) is 5.91 Å². The molecule has 0 bridgehead atoms. The van der Waals surface area contributed by atoms with Crippen molar-refractivity contribution in [1.29, 1.82) is 0 Å². The van der Waals surface area contributed by atoms with Gasteiger partial charge in [-0.15, -0.1) is 0 Å². The molecule has 1 fully saturated rings. The average molecular weight is 275 g/mol. The lowest BCUT2D eigenvalue weighted by atomic mass is 10.1. The van der Waals surface area contributed by atoms with Crippen molar-refractivity contribution in [2.24, 2.45) is 0 Å². The topological polar surface area (TPSA) is 44.4 Å². The molecule has 2 rings (SSSR count). The largest absolute Gasteiger partial charge is 0.355 e. The van der Waals surface area contributed by atoms with Crippen molar-refractivity contribution in [3.63, 3.8) is 0 Å². The number of likely N-dealkylation sites (N-methyl/N-ethyl adjacent to an activating group) is 1. The van der Waals surface area contributed by atoms with E-state index >= 15 is 0 Å². The summed E-state index contributed by atoms with van der Waals surface area (Å²) in [5.74, 6) is 0.148. The summed E-state index contributed by atoms with van der Waals surface area (Å²) in [5, 5.41) is 6.28. The first kappa shape index (κ1) is 15.0. The molecule has 1 aromatic rings. The van der Waals surface area contributed by atoms with Crippen LogP contribution in [0.4, 0.5) is 0 Å². The average Bonchev–Trinajstić information content (AvgIpc) is 2.92. The Balaban J connectivity index is 1.57. The maximum Gasteiger partial charge on any atom is 0.234 e. The third-order valence-electron chi connectivity index (χ3n) is 3.86. The number of nitrogens with one attached hydrogen (secondary N) is 2. The monoisotopic (exact) mass is 275 g/mol. The Hall–Kier alpha value is -1.39. The molecule has 1 heterocycles. The van der Waals surface area contributed by atoms with Crippen LogP contribution in [0.2, 0.25) is 0 Å². The number of nitrogens with zero attached hydrogens (tertiary/aromatic N) is 1. The van der Waals surface area contributed by atoms with Crippen LogP contribution in [-0.2, 0) is 11.2 Å². The van der Waals surface area contributed by atoms with Gasteiger partial charge >= 0.3 is 0 Å². The highest BCUT2D eigenvalue weighted by Crippen LogP contribution is 2.07. The van der Waals surface area contributed by atoms with Crippen LogP contribution in [0, 0.1) is 0 Å². The number of amides is 1. The number of hydrogen-bond donors (Lipinski definition) is 2. The highest BCUT2D eigenvalue weighted by molar-refractivity contribution is 5.78. The number of carbonyl (C=O) groups is 1. The second-order valence-electron chi connectivity index (χ2n) is 5.45. The zero-order valence-corrected chi connectivity index (χ0v) is 12.3. The number of carbonyl (C=O) groups excluding carboxylic acids is 1. The van der Waals surface area contributed by atoms with Gasteiger partial charge in [-0.1, -0.05) is 30.3 Å². The molecule has 1 aromatic carbocycles. The molecular weight excluding hydrogens is 250 g/mol. The smallest absolute Gasteiger partial charge is 0.234 e. The van der Waals surface area contributed by atoms with Crippen molar-refractivity contribution in [2.75, 3.05) is 33.2 Å². The van der Waals surface area contributed by atoms with Crippen molar-refractivity contribution in [2.45, 2.75) is 25.3 Å². The lowest BCUT2D eigenvalue weighted by Crippen LogP contribution is -2.38. The number of hydrogen-bond acceptors (Lipinski definition) is 3. The van der Waals surface area contributed by atoms with Crippen molar-refractivity contribution in [3.05, 3.63) is 35.9 Å². The molecule has 110 valence electrons. The van der Waals surface area contributed by atoms with Crippen LogP contribution in [0.3, 0.4) is 0 Å². The molecule has 1 aliphatic heterocycles.